The number of terminal acetylenes is 1. The summed E-state index contributed by atoms with van der Waals surface area (Å²) in [6, 6.07) is 4.94. The van der Waals surface area contributed by atoms with E-state index in [4.69, 9.17) is 6.42 Å². The van der Waals surface area contributed by atoms with E-state index >= 15 is 0 Å². The van der Waals surface area contributed by atoms with E-state index in [0.717, 1.165) is 24.2 Å². The topological polar surface area (TPSA) is 78.5 Å². The Kier molecular flexibility index (Phi) is 4.52. The van der Waals surface area contributed by atoms with E-state index in [1.165, 1.54) is 0 Å². The quantitative estimate of drug-likeness (QED) is 0.485. The molecule has 1 aromatic carbocycles. The van der Waals surface area contributed by atoms with Crippen LogP contribution in [-0.2, 0) is 16.1 Å². The number of benzene rings is 1. The van der Waals surface area contributed by atoms with Gasteiger partial charge in [-0.25, -0.2) is 0 Å². The zero-order valence-electron chi connectivity index (χ0n) is 13.3. The molecule has 1 saturated heterocycles. The smallest absolute Gasteiger partial charge is 0.255 e. The third-order valence-electron chi connectivity index (χ3n) is 4.40. The Morgan fingerprint density at radius 1 is 1.33 bits per heavy atom. The van der Waals surface area contributed by atoms with Crippen LogP contribution < -0.4 is 10.6 Å². The van der Waals surface area contributed by atoms with Crippen LogP contribution in [0.1, 0.15) is 41.6 Å². The Bertz CT molecular complexity index is 736. The van der Waals surface area contributed by atoms with E-state index in [0.29, 0.717) is 24.9 Å². The Balaban J connectivity index is 1.76. The van der Waals surface area contributed by atoms with Crippen LogP contribution in [0.25, 0.3) is 0 Å². The maximum Gasteiger partial charge on any atom is 0.255 e. The molecule has 0 bridgehead atoms. The molecule has 1 fully saturated rings. The monoisotopic (exact) mass is 325 g/mol. The van der Waals surface area contributed by atoms with Crippen LogP contribution in [0.2, 0.25) is 0 Å². The second-order valence-corrected chi connectivity index (χ2v) is 5.97. The highest BCUT2D eigenvalue weighted by Crippen LogP contribution is 2.32. The average Bonchev–Trinajstić information content (AvgIpc) is 2.89. The highest BCUT2D eigenvalue weighted by molar-refractivity contribution is 6.06. The van der Waals surface area contributed by atoms with E-state index in [2.05, 4.69) is 16.6 Å². The second-order valence-electron chi connectivity index (χ2n) is 5.97. The molecule has 0 spiro atoms. The van der Waals surface area contributed by atoms with Crippen molar-refractivity contribution in [3.8, 4) is 12.3 Å². The van der Waals surface area contributed by atoms with E-state index in [1.54, 1.807) is 11.0 Å². The minimum atomic E-state index is -0.586. The van der Waals surface area contributed by atoms with E-state index < -0.39 is 11.9 Å². The summed E-state index contributed by atoms with van der Waals surface area (Å²) in [5.41, 5.74) is 2.40. The molecule has 2 aliphatic rings. The van der Waals surface area contributed by atoms with Gasteiger partial charge in [0.15, 0.2) is 0 Å². The van der Waals surface area contributed by atoms with Gasteiger partial charge in [-0.05, 0) is 25.0 Å². The van der Waals surface area contributed by atoms with Gasteiger partial charge in [0.1, 0.15) is 6.04 Å². The number of rotatable bonds is 5. The predicted octanol–water partition coefficient (Wildman–Crippen LogP) is 1.27. The van der Waals surface area contributed by atoms with Crippen molar-refractivity contribution in [2.24, 2.45) is 0 Å². The Morgan fingerprint density at radius 3 is 2.92 bits per heavy atom. The van der Waals surface area contributed by atoms with E-state index in [-0.39, 0.29) is 18.2 Å². The van der Waals surface area contributed by atoms with Crippen LogP contribution in [0.4, 0.5) is 5.69 Å². The van der Waals surface area contributed by atoms with E-state index in [9.17, 15) is 14.4 Å². The molecule has 3 rings (SSSR count). The summed E-state index contributed by atoms with van der Waals surface area (Å²) in [7, 11) is 0. The number of amides is 3. The van der Waals surface area contributed by atoms with Gasteiger partial charge < -0.3 is 10.2 Å². The summed E-state index contributed by atoms with van der Waals surface area (Å²) >= 11 is 0. The van der Waals surface area contributed by atoms with Crippen LogP contribution in [0.5, 0.6) is 0 Å². The van der Waals surface area contributed by atoms with Crippen LogP contribution in [0.3, 0.4) is 0 Å². The standard InChI is InChI=1S/C18H19N3O3/c1-2-3-4-10-19-14-7-5-6-12-13(14)11-21(18(12)24)15-8-9-16(22)20-17(15)23/h1,5-7,15,19H,3-4,8-11H2,(H,20,22,23). The van der Waals surface area contributed by atoms with E-state index in [1.807, 2.05) is 12.1 Å². The molecule has 124 valence electrons. The molecular formula is C18H19N3O3. The first-order chi connectivity index (χ1) is 11.6. The van der Waals surface area contributed by atoms with Gasteiger partial charge in [0, 0.05) is 42.7 Å². The van der Waals surface area contributed by atoms with Gasteiger partial charge in [0.05, 0.1) is 0 Å². The van der Waals surface area contributed by atoms with Crippen LogP contribution in [0, 0.1) is 12.3 Å². The van der Waals surface area contributed by atoms with Gasteiger partial charge in [-0.15, -0.1) is 12.3 Å². The number of hydrogen-bond donors (Lipinski definition) is 2. The number of nitrogens with one attached hydrogen (secondary N) is 2. The van der Waals surface area contributed by atoms with Crippen molar-refractivity contribution >= 4 is 23.4 Å². The first-order valence-corrected chi connectivity index (χ1v) is 8.05. The lowest BCUT2D eigenvalue weighted by molar-refractivity contribution is -0.136. The van der Waals surface area contributed by atoms with Gasteiger partial charge in [0.2, 0.25) is 11.8 Å². The molecule has 0 radical (unpaired) electrons. The summed E-state index contributed by atoms with van der Waals surface area (Å²) in [4.78, 5) is 37.6. The minimum absolute atomic E-state index is 0.160. The first-order valence-electron chi connectivity index (χ1n) is 8.05. The van der Waals surface area contributed by atoms with Crippen molar-refractivity contribution in [1.29, 1.82) is 0 Å². The number of unbranched alkanes of at least 4 members (excludes halogenated alkanes) is 1. The fraction of sp³-hybridized carbons (Fsp3) is 0.389. The normalized spacial score (nSPS) is 19.7. The molecule has 6 nitrogen and oxygen atoms in total. The summed E-state index contributed by atoms with van der Waals surface area (Å²) < 4.78 is 0. The molecule has 1 atom stereocenters. The van der Waals surface area contributed by atoms with Crippen molar-refractivity contribution in [2.45, 2.75) is 38.3 Å². The van der Waals surface area contributed by atoms with Gasteiger partial charge in [-0.1, -0.05) is 6.07 Å². The number of fused-ring (bicyclic) bond motifs is 1. The number of carbonyl (C=O) groups is 3. The molecule has 1 unspecified atom stereocenters. The lowest BCUT2D eigenvalue weighted by Gasteiger charge is -2.29. The molecule has 0 aromatic heterocycles. The summed E-state index contributed by atoms with van der Waals surface area (Å²) in [6.07, 6.45) is 7.43. The van der Waals surface area contributed by atoms with Crippen molar-refractivity contribution < 1.29 is 14.4 Å². The van der Waals surface area contributed by atoms with Crippen molar-refractivity contribution in [3.05, 3.63) is 29.3 Å². The van der Waals surface area contributed by atoms with Gasteiger partial charge in [-0.2, -0.15) is 0 Å². The third kappa shape index (κ3) is 2.98. The fourth-order valence-electron chi connectivity index (χ4n) is 3.16. The van der Waals surface area contributed by atoms with Crippen molar-refractivity contribution in [2.75, 3.05) is 11.9 Å². The van der Waals surface area contributed by atoms with Gasteiger partial charge in [-0.3, -0.25) is 19.7 Å². The maximum absolute atomic E-state index is 12.7. The van der Waals surface area contributed by atoms with Crippen LogP contribution >= 0.6 is 0 Å². The molecule has 1 aromatic rings. The summed E-state index contributed by atoms with van der Waals surface area (Å²) in [5, 5.41) is 5.62. The average molecular weight is 325 g/mol. The minimum Gasteiger partial charge on any atom is -0.385 e. The molecule has 3 amide bonds. The van der Waals surface area contributed by atoms with Crippen molar-refractivity contribution in [1.82, 2.24) is 10.2 Å². The Morgan fingerprint density at radius 2 is 2.17 bits per heavy atom. The molecule has 0 aliphatic carbocycles. The second kappa shape index (κ2) is 6.75. The lowest BCUT2D eigenvalue weighted by atomic mass is 10.0. The first kappa shape index (κ1) is 16.1. The number of carbonyl (C=O) groups excluding carboxylic acids is 3. The number of piperidine rings is 1. The number of nitrogens with zero attached hydrogens (tertiary/aromatic N) is 1. The largest absolute Gasteiger partial charge is 0.385 e. The predicted molar refractivity (Wildman–Crippen MR) is 89.0 cm³/mol. The van der Waals surface area contributed by atoms with Crippen LogP contribution in [0.15, 0.2) is 18.2 Å². The zero-order valence-corrected chi connectivity index (χ0v) is 13.3. The number of hydrogen-bond acceptors (Lipinski definition) is 4. The van der Waals surface area contributed by atoms with Crippen LogP contribution in [-0.4, -0.2) is 35.2 Å². The maximum atomic E-state index is 12.7. The van der Waals surface area contributed by atoms with Gasteiger partial charge in [0.25, 0.3) is 5.91 Å². The molecule has 2 N–H and O–H groups in total. The molecule has 2 heterocycles. The zero-order chi connectivity index (χ0) is 17.1. The molecular weight excluding hydrogens is 306 g/mol. The highest BCUT2D eigenvalue weighted by Gasteiger charge is 2.39. The summed E-state index contributed by atoms with van der Waals surface area (Å²) in [6.45, 7) is 1.10. The Hall–Kier alpha value is -2.81. The van der Waals surface area contributed by atoms with Crippen molar-refractivity contribution in [3.63, 3.8) is 0 Å². The number of anilines is 1. The molecule has 6 heteroatoms. The third-order valence-corrected chi connectivity index (χ3v) is 4.40. The van der Waals surface area contributed by atoms with Gasteiger partial charge >= 0.3 is 0 Å². The highest BCUT2D eigenvalue weighted by atomic mass is 16.2. The molecule has 24 heavy (non-hydrogen) atoms. The molecule has 0 saturated carbocycles. The Labute approximate surface area is 140 Å². The number of imide groups is 1. The SMILES string of the molecule is C#CCCCNc1cccc2c1CN(C1CCC(=O)NC1=O)C2=O. The molecule has 2 aliphatic heterocycles. The summed E-state index contributed by atoms with van der Waals surface area (Å²) in [5.74, 6) is 1.76. The fourth-order valence-corrected chi connectivity index (χ4v) is 3.16. The lowest BCUT2D eigenvalue weighted by Crippen LogP contribution is -2.52.